The molecule has 2 N–H and O–H groups in total. The van der Waals surface area contributed by atoms with Gasteiger partial charge in [0.05, 0.1) is 16.6 Å². The van der Waals surface area contributed by atoms with Gasteiger partial charge in [0.1, 0.15) is 5.82 Å². The van der Waals surface area contributed by atoms with E-state index < -0.39 is 0 Å². The second-order valence-electron chi connectivity index (χ2n) is 7.77. The minimum Gasteiger partial charge on any atom is -0.368 e. The van der Waals surface area contributed by atoms with Gasteiger partial charge in [-0.05, 0) is 48.7 Å². The van der Waals surface area contributed by atoms with Crippen LogP contribution in [0.5, 0.6) is 0 Å². The van der Waals surface area contributed by atoms with Crippen molar-refractivity contribution in [1.29, 1.82) is 0 Å². The summed E-state index contributed by atoms with van der Waals surface area (Å²) in [5.74, 6) is -0.0872. The van der Waals surface area contributed by atoms with Crippen molar-refractivity contribution in [2.45, 2.75) is 20.3 Å². The second-order valence-corrected chi connectivity index (χ2v) is 7.77. The van der Waals surface area contributed by atoms with Gasteiger partial charge in [0, 0.05) is 37.3 Å². The molecule has 0 bridgehead atoms. The van der Waals surface area contributed by atoms with E-state index >= 15 is 0 Å². The van der Waals surface area contributed by atoms with Gasteiger partial charge in [-0.1, -0.05) is 6.92 Å². The number of aromatic nitrogens is 2. The maximum atomic E-state index is 13.5. The lowest BCUT2D eigenvalue weighted by Gasteiger charge is -2.37. The van der Waals surface area contributed by atoms with Crippen LogP contribution in [0.3, 0.4) is 0 Å². The van der Waals surface area contributed by atoms with E-state index in [1.807, 2.05) is 13.0 Å². The van der Waals surface area contributed by atoms with Crippen LogP contribution in [0.1, 0.15) is 38.8 Å². The Bertz CT molecular complexity index is 1200. The summed E-state index contributed by atoms with van der Waals surface area (Å²) < 4.78 is 13.5. The molecule has 2 aliphatic heterocycles. The Morgan fingerprint density at radius 3 is 2.48 bits per heavy atom. The number of amides is 2. The number of carbonyl (C=O) groups is 2. The number of aromatic amines is 1. The highest BCUT2D eigenvalue weighted by molar-refractivity contribution is 6.22. The zero-order valence-corrected chi connectivity index (χ0v) is 18.1. The number of fused-ring (bicyclic) bond motifs is 2. The third-order valence-electron chi connectivity index (χ3n) is 6.16. The maximum Gasteiger partial charge on any atom is 0.259 e. The third-order valence-corrected chi connectivity index (χ3v) is 6.16. The van der Waals surface area contributed by atoms with E-state index in [0.29, 0.717) is 16.6 Å². The largest absolute Gasteiger partial charge is 0.368 e. The van der Waals surface area contributed by atoms with Crippen LogP contribution in [0.25, 0.3) is 10.9 Å². The predicted octanol–water partition coefficient (Wildman–Crippen LogP) is 3.20. The summed E-state index contributed by atoms with van der Waals surface area (Å²) in [6.07, 6.45) is 0.783. The van der Waals surface area contributed by atoms with Gasteiger partial charge in [0.15, 0.2) is 5.82 Å². The van der Waals surface area contributed by atoms with E-state index in [9.17, 15) is 14.0 Å². The average Bonchev–Trinajstić information content (AvgIpc) is 3.28. The number of nitrogens with zero attached hydrogens (tertiary/aromatic N) is 3. The smallest absolute Gasteiger partial charge is 0.259 e. The molecule has 2 amide bonds. The van der Waals surface area contributed by atoms with E-state index in [4.69, 9.17) is 0 Å². The molecule has 0 unspecified atom stereocenters. The summed E-state index contributed by atoms with van der Waals surface area (Å²) in [6, 6.07) is 6.52. The monoisotopic (exact) mass is 443 g/mol. The van der Waals surface area contributed by atoms with E-state index in [1.165, 1.54) is 12.1 Å². The molecule has 3 aromatic rings. The van der Waals surface area contributed by atoms with Crippen molar-refractivity contribution in [3.63, 3.8) is 0 Å². The third kappa shape index (κ3) is 3.31. The van der Waals surface area contributed by atoms with E-state index in [0.717, 1.165) is 60.6 Å². The molecule has 9 heteroatoms. The Morgan fingerprint density at radius 2 is 1.77 bits per heavy atom. The number of nitrogens with one attached hydrogen (secondary N) is 2. The average molecular weight is 444 g/mol. The molecule has 0 radical (unpaired) electrons. The number of hydrogen-bond acceptors (Lipinski definition) is 5. The number of rotatable bonds is 3. The molecule has 1 fully saturated rings. The van der Waals surface area contributed by atoms with Crippen molar-refractivity contribution in [1.82, 2.24) is 15.5 Å². The van der Waals surface area contributed by atoms with Gasteiger partial charge < -0.3 is 9.80 Å². The summed E-state index contributed by atoms with van der Waals surface area (Å²) in [4.78, 5) is 28.9. The van der Waals surface area contributed by atoms with Gasteiger partial charge in [-0.15, -0.1) is 12.4 Å². The quantitative estimate of drug-likeness (QED) is 0.607. The van der Waals surface area contributed by atoms with E-state index in [1.54, 1.807) is 6.07 Å². The van der Waals surface area contributed by atoms with Gasteiger partial charge in [0.2, 0.25) is 0 Å². The molecule has 2 aliphatic rings. The molecule has 7 nitrogen and oxygen atoms in total. The lowest BCUT2D eigenvalue weighted by molar-refractivity contribution is 0.0879. The van der Waals surface area contributed by atoms with Crippen molar-refractivity contribution in [3.05, 3.63) is 52.3 Å². The van der Waals surface area contributed by atoms with Gasteiger partial charge in [-0.3, -0.25) is 20.0 Å². The second kappa shape index (κ2) is 7.85. The van der Waals surface area contributed by atoms with Gasteiger partial charge in [0.25, 0.3) is 11.8 Å². The molecule has 3 heterocycles. The lowest BCUT2D eigenvalue weighted by Crippen LogP contribution is -2.47. The number of carbonyl (C=O) groups excluding carboxylic acids is 2. The van der Waals surface area contributed by atoms with Gasteiger partial charge in [-0.2, -0.15) is 5.10 Å². The minimum atomic E-state index is -0.323. The highest BCUT2D eigenvalue weighted by Gasteiger charge is 2.32. The van der Waals surface area contributed by atoms with E-state index in [2.05, 4.69) is 32.2 Å². The highest BCUT2D eigenvalue weighted by Crippen LogP contribution is 2.34. The summed E-state index contributed by atoms with van der Waals surface area (Å²) in [6.45, 7) is 7.01. The fourth-order valence-corrected chi connectivity index (χ4v) is 4.65. The maximum absolute atomic E-state index is 13.5. The van der Waals surface area contributed by atoms with Crippen LogP contribution in [-0.2, 0) is 6.42 Å². The Kier molecular flexibility index (Phi) is 5.35. The first kappa shape index (κ1) is 21.1. The van der Waals surface area contributed by atoms with Crippen LogP contribution in [0.15, 0.2) is 24.3 Å². The Hall–Kier alpha value is -3.13. The van der Waals surface area contributed by atoms with Crippen LogP contribution in [0.4, 0.5) is 15.9 Å². The van der Waals surface area contributed by atoms with Gasteiger partial charge >= 0.3 is 0 Å². The topological polar surface area (TPSA) is 81.3 Å². The Labute approximate surface area is 185 Å². The zero-order chi connectivity index (χ0) is 21.0. The van der Waals surface area contributed by atoms with Crippen molar-refractivity contribution in [2.75, 3.05) is 36.0 Å². The molecule has 0 atom stereocenters. The molecule has 1 saturated heterocycles. The first-order chi connectivity index (χ1) is 14.5. The van der Waals surface area contributed by atoms with Crippen molar-refractivity contribution >= 4 is 46.6 Å². The number of benzene rings is 2. The van der Waals surface area contributed by atoms with Crippen LogP contribution in [0.2, 0.25) is 0 Å². The molecule has 5 rings (SSSR count). The molecule has 2 aromatic carbocycles. The van der Waals surface area contributed by atoms with Crippen LogP contribution in [-0.4, -0.2) is 48.2 Å². The van der Waals surface area contributed by atoms with Crippen molar-refractivity contribution in [2.24, 2.45) is 0 Å². The number of piperazine rings is 1. The number of imide groups is 1. The Morgan fingerprint density at radius 1 is 1.06 bits per heavy atom. The molecule has 0 saturated carbocycles. The highest BCUT2D eigenvalue weighted by atomic mass is 35.5. The fourth-order valence-electron chi connectivity index (χ4n) is 4.65. The fraction of sp³-hybridized carbons (Fsp3) is 0.318. The van der Waals surface area contributed by atoms with Gasteiger partial charge in [-0.25, -0.2) is 4.39 Å². The molecule has 0 spiro atoms. The molecule has 162 valence electrons. The molecular formula is C22H23ClFN5O2. The summed E-state index contributed by atoms with van der Waals surface area (Å²) in [5.41, 5.74) is 4.67. The lowest BCUT2D eigenvalue weighted by atomic mass is 9.94. The molecular weight excluding hydrogens is 421 g/mol. The van der Waals surface area contributed by atoms with E-state index in [-0.39, 0.29) is 30.0 Å². The normalized spacial score (nSPS) is 15.8. The molecule has 31 heavy (non-hydrogen) atoms. The summed E-state index contributed by atoms with van der Waals surface area (Å²) in [7, 11) is 0. The number of halogens is 2. The minimum absolute atomic E-state index is 0. The Balaban J connectivity index is 0.00000231. The first-order valence-electron chi connectivity index (χ1n) is 10.1. The zero-order valence-electron chi connectivity index (χ0n) is 17.3. The molecule has 1 aromatic heterocycles. The molecule has 0 aliphatic carbocycles. The number of anilines is 2. The first-order valence-corrected chi connectivity index (χ1v) is 10.1. The predicted molar refractivity (Wildman–Crippen MR) is 120 cm³/mol. The van der Waals surface area contributed by atoms with Crippen LogP contribution < -0.4 is 15.1 Å². The summed E-state index contributed by atoms with van der Waals surface area (Å²) in [5, 5.41) is 10.6. The number of H-pyrrole nitrogens is 1. The summed E-state index contributed by atoms with van der Waals surface area (Å²) >= 11 is 0. The standard InChI is InChI=1S/C22H22FN5O2.ClH/c1-3-14-12(2)19-16(21(29)24-22(19)30)11-18(14)27-6-8-28(9-7-27)20-15-5-4-13(23)10-17(15)25-26-20;/h4-5,10-11H,3,6-9H2,1-2H3,(H,25,26)(H,24,29,30);1H. The van der Waals surface area contributed by atoms with Crippen LogP contribution in [0, 0.1) is 12.7 Å². The van der Waals surface area contributed by atoms with Crippen molar-refractivity contribution < 1.29 is 14.0 Å². The number of hydrogen-bond donors (Lipinski definition) is 2. The van der Waals surface area contributed by atoms with Crippen molar-refractivity contribution in [3.8, 4) is 0 Å². The van der Waals surface area contributed by atoms with Crippen LogP contribution >= 0.6 is 12.4 Å². The SMILES string of the molecule is CCc1c(N2CCN(c3n[nH]c4cc(F)ccc34)CC2)cc2c(c1C)C(=O)NC2=O.Cl.